The number of rotatable bonds is 7. The third-order valence-electron chi connectivity index (χ3n) is 2.36. The molecular formula is C10H21NO2S. The second-order valence-corrected chi connectivity index (χ2v) is 6.29. The summed E-state index contributed by atoms with van der Waals surface area (Å²) >= 11 is 0. The Morgan fingerprint density at radius 1 is 1.36 bits per heavy atom. The highest BCUT2D eigenvalue weighted by molar-refractivity contribution is 7.92. The van der Waals surface area contributed by atoms with Crippen LogP contribution in [0.15, 0.2) is 12.7 Å². The summed E-state index contributed by atoms with van der Waals surface area (Å²) in [7, 11) is -2.94. The molecule has 0 aliphatic heterocycles. The van der Waals surface area contributed by atoms with Gasteiger partial charge in [0, 0.05) is 13.1 Å². The van der Waals surface area contributed by atoms with Crippen molar-refractivity contribution < 1.29 is 8.42 Å². The van der Waals surface area contributed by atoms with Crippen LogP contribution in [0.5, 0.6) is 0 Å². The van der Waals surface area contributed by atoms with Gasteiger partial charge >= 0.3 is 0 Å². The fourth-order valence-electron chi connectivity index (χ4n) is 1.02. The molecule has 0 bridgehead atoms. The summed E-state index contributed by atoms with van der Waals surface area (Å²) in [5.41, 5.74) is 0. The van der Waals surface area contributed by atoms with E-state index in [2.05, 4.69) is 11.9 Å². The van der Waals surface area contributed by atoms with Crippen LogP contribution in [-0.4, -0.2) is 32.5 Å². The van der Waals surface area contributed by atoms with Crippen molar-refractivity contribution in [3.63, 3.8) is 0 Å². The lowest BCUT2D eigenvalue weighted by atomic mass is 10.2. The lowest BCUT2D eigenvalue weighted by Gasteiger charge is -2.16. The molecule has 0 rings (SSSR count). The van der Waals surface area contributed by atoms with Crippen molar-refractivity contribution in [3.8, 4) is 0 Å². The molecule has 4 heteroatoms. The Morgan fingerprint density at radius 2 is 1.93 bits per heavy atom. The van der Waals surface area contributed by atoms with Gasteiger partial charge in [0.25, 0.3) is 0 Å². The highest BCUT2D eigenvalue weighted by atomic mass is 32.2. The second kappa shape index (κ2) is 6.19. The first-order valence-corrected chi connectivity index (χ1v) is 6.66. The monoisotopic (exact) mass is 219 g/mol. The Labute approximate surface area is 87.5 Å². The van der Waals surface area contributed by atoms with Gasteiger partial charge in [0.05, 0.1) is 11.0 Å². The summed E-state index contributed by atoms with van der Waals surface area (Å²) < 4.78 is 23.3. The minimum atomic E-state index is -2.94. The average Bonchev–Trinajstić information content (AvgIpc) is 2.11. The van der Waals surface area contributed by atoms with Gasteiger partial charge in [-0.3, -0.25) is 0 Å². The maximum absolute atomic E-state index is 11.7. The van der Waals surface area contributed by atoms with Crippen LogP contribution in [0.4, 0.5) is 0 Å². The van der Waals surface area contributed by atoms with Gasteiger partial charge < -0.3 is 5.32 Å². The molecular weight excluding hydrogens is 198 g/mol. The topological polar surface area (TPSA) is 46.2 Å². The van der Waals surface area contributed by atoms with E-state index in [0.29, 0.717) is 13.1 Å². The van der Waals surface area contributed by atoms with Crippen LogP contribution < -0.4 is 5.32 Å². The van der Waals surface area contributed by atoms with Crippen LogP contribution in [0.2, 0.25) is 0 Å². The van der Waals surface area contributed by atoms with E-state index in [-0.39, 0.29) is 16.9 Å². The van der Waals surface area contributed by atoms with Crippen molar-refractivity contribution in [1.29, 1.82) is 0 Å². The van der Waals surface area contributed by atoms with E-state index in [1.54, 1.807) is 13.0 Å². The SMILES string of the molecule is C=CCNCCS(=O)(=O)C(C)C(C)C. The quantitative estimate of drug-likeness (QED) is 0.517. The Kier molecular flexibility index (Phi) is 6.04. The number of nitrogens with one attached hydrogen (secondary N) is 1. The first kappa shape index (κ1) is 13.7. The predicted octanol–water partition coefficient (Wildman–Crippen LogP) is 1.22. The molecule has 0 radical (unpaired) electrons. The maximum atomic E-state index is 11.7. The Bertz CT molecular complexity index is 257. The van der Waals surface area contributed by atoms with E-state index in [1.807, 2.05) is 13.8 Å². The molecule has 0 aromatic rings. The zero-order valence-electron chi connectivity index (χ0n) is 9.29. The fraction of sp³-hybridized carbons (Fsp3) is 0.800. The summed E-state index contributed by atoms with van der Waals surface area (Å²) in [6.07, 6.45) is 1.72. The molecule has 1 N–H and O–H groups in total. The zero-order chi connectivity index (χ0) is 11.2. The van der Waals surface area contributed by atoms with E-state index >= 15 is 0 Å². The summed E-state index contributed by atoms with van der Waals surface area (Å²) in [6.45, 7) is 10.3. The van der Waals surface area contributed by atoms with Crippen molar-refractivity contribution >= 4 is 9.84 Å². The van der Waals surface area contributed by atoms with Crippen LogP contribution in [0.3, 0.4) is 0 Å². The highest BCUT2D eigenvalue weighted by Crippen LogP contribution is 2.11. The van der Waals surface area contributed by atoms with Crippen LogP contribution in [0, 0.1) is 5.92 Å². The molecule has 0 amide bonds. The predicted molar refractivity (Wildman–Crippen MR) is 61.2 cm³/mol. The van der Waals surface area contributed by atoms with Gasteiger partial charge in [-0.1, -0.05) is 19.9 Å². The van der Waals surface area contributed by atoms with Gasteiger partial charge in [-0.25, -0.2) is 8.42 Å². The van der Waals surface area contributed by atoms with Crippen molar-refractivity contribution in [2.24, 2.45) is 5.92 Å². The van der Waals surface area contributed by atoms with Gasteiger partial charge in [0.2, 0.25) is 0 Å². The Morgan fingerprint density at radius 3 is 2.36 bits per heavy atom. The normalized spacial score (nSPS) is 14.3. The lowest BCUT2D eigenvalue weighted by Crippen LogP contribution is -2.31. The minimum absolute atomic E-state index is 0.180. The van der Waals surface area contributed by atoms with Crippen molar-refractivity contribution in [1.82, 2.24) is 5.32 Å². The maximum Gasteiger partial charge on any atom is 0.154 e. The molecule has 0 aromatic carbocycles. The average molecular weight is 219 g/mol. The number of hydrogen-bond donors (Lipinski definition) is 1. The zero-order valence-corrected chi connectivity index (χ0v) is 10.1. The number of hydrogen-bond acceptors (Lipinski definition) is 3. The van der Waals surface area contributed by atoms with Crippen LogP contribution in [0.25, 0.3) is 0 Å². The van der Waals surface area contributed by atoms with E-state index in [0.717, 1.165) is 0 Å². The van der Waals surface area contributed by atoms with E-state index < -0.39 is 9.84 Å². The first-order chi connectivity index (χ1) is 6.41. The van der Waals surface area contributed by atoms with E-state index in [9.17, 15) is 8.42 Å². The standard InChI is InChI=1S/C10H21NO2S/c1-5-6-11-7-8-14(12,13)10(4)9(2)3/h5,9-11H,1,6-8H2,2-4H3. The van der Waals surface area contributed by atoms with Crippen LogP contribution in [-0.2, 0) is 9.84 Å². The van der Waals surface area contributed by atoms with Gasteiger partial charge in [-0.05, 0) is 12.8 Å². The Balaban J connectivity index is 4.02. The van der Waals surface area contributed by atoms with Gasteiger partial charge in [0.1, 0.15) is 0 Å². The molecule has 1 unspecified atom stereocenters. The minimum Gasteiger partial charge on any atom is -0.312 e. The molecule has 0 aliphatic carbocycles. The molecule has 84 valence electrons. The van der Waals surface area contributed by atoms with E-state index in [4.69, 9.17) is 0 Å². The molecule has 14 heavy (non-hydrogen) atoms. The Hall–Kier alpha value is -0.350. The summed E-state index contributed by atoms with van der Waals surface area (Å²) in [6, 6.07) is 0. The lowest BCUT2D eigenvalue weighted by molar-refractivity contribution is 0.543. The number of sulfone groups is 1. The second-order valence-electron chi connectivity index (χ2n) is 3.81. The molecule has 0 heterocycles. The summed E-state index contributed by atoms with van der Waals surface area (Å²) in [5, 5.41) is 2.73. The van der Waals surface area contributed by atoms with E-state index in [1.165, 1.54) is 0 Å². The molecule has 0 saturated heterocycles. The largest absolute Gasteiger partial charge is 0.312 e. The smallest absolute Gasteiger partial charge is 0.154 e. The van der Waals surface area contributed by atoms with Gasteiger partial charge in [-0.2, -0.15) is 0 Å². The molecule has 0 fully saturated rings. The molecule has 0 aliphatic rings. The van der Waals surface area contributed by atoms with Gasteiger partial charge in [0.15, 0.2) is 9.84 Å². The highest BCUT2D eigenvalue weighted by Gasteiger charge is 2.22. The molecule has 0 saturated carbocycles. The third-order valence-corrected chi connectivity index (χ3v) is 4.81. The first-order valence-electron chi connectivity index (χ1n) is 4.95. The van der Waals surface area contributed by atoms with Crippen molar-refractivity contribution in [2.75, 3.05) is 18.8 Å². The molecule has 3 nitrogen and oxygen atoms in total. The van der Waals surface area contributed by atoms with Gasteiger partial charge in [-0.15, -0.1) is 6.58 Å². The summed E-state index contributed by atoms with van der Waals surface area (Å²) in [4.78, 5) is 0. The van der Waals surface area contributed by atoms with Crippen LogP contribution >= 0.6 is 0 Å². The fourth-order valence-corrected chi connectivity index (χ4v) is 2.65. The molecule has 1 atom stereocenters. The molecule has 0 aromatic heterocycles. The van der Waals surface area contributed by atoms with Crippen molar-refractivity contribution in [3.05, 3.63) is 12.7 Å². The van der Waals surface area contributed by atoms with Crippen LogP contribution in [0.1, 0.15) is 20.8 Å². The molecule has 0 spiro atoms. The third kappa shape index (κ3) is 4.77. The van der Waals surface area contributed by atoms with Crippen molar-refractivity contribution in [2.45, 2.75) is 26.0 Å². The summed E-state index contributed by atoms with van der Waals surface area (Å²) in [5.74, 6) is 0.389.